The molecule has 156 valence electrons. The van der Waals surface area contributed by atoms with Gasteiger partial charge in [0, 0.05) is 20.2 Å². The van der Waals surface area contributed by atoms with Gasteiger partial charge >= 0.3 is 0 Å². The summed E-state index contributed by atoms with van der Waals surface area (Å²) in [5, 5.41) is 1.97. The molecule has 1 unspecified atom stereocenters. The minimum Gasteiger partial charge on any atom is -0.486 e. The van der Waals surface area contributed by atoms with Crippen molar-refractivity contribution in [3.63, 3.8) is 0 Å². The Morgan fingerprint density at radius 2 is 1.62 bits per heavy atom. The van der Waals surface area contributed by atoms with Crippen molar-refractivity contribution in [3.05, 3.63) is 66.2 Å². The average Bonchev–Trinajstić information content (AvgIpc) is 2.75. The first-order chi connectivity index (χ1) is 14.0. The predicted molar refractivity (Wildman–Crippen MR) is 129 cm³/mol. The molecule has 0 aliphatic carbocycles. The Labute approximate surface area is 183 Å². The lowest BCUT2D eigenvalue weighted by molar-refractivity contribution is 0.250. The Hall–Kier alpha value is -1.88. The third kappa shape index (κ3) is 5.59. The highest BCUT2D eigenvalue weighted by Gasteiger charge is 2.17. The van der Waals surface area contributed by atoms with Gasteiger partial charge in [-0.15, -0.1) is 23.2 Å². The number of anilines is 1. The van der Waals surface area contributed by atoms with Gasteiger partial charge in [0.25, 0.3) is 0 Å². The zero-order valence-electron chi connectivity index (χ0n) is 16.7. The summed E-state index contributed by atoms with van der Waals surface area (Å²) < 4.78 is 19.3. The van der Waals surface area contributed by atoms with Gasteiger partial charge in [0.05, 0.1) is 17.4 Å². The van der Waals surface area contributed by atoms with E-state index in [1.54, 1.807) is 6.07 Å². The summed E-state index contributed by atoms with van der Waals surface area (Å²) >= 11 is 11.7. The van der Waals surface area contributed by atoms with E-state index in [4.69, 9.17) is 33.7 Å². The van der Waals surface area contributed by atoms with Crippen molar-refractivity contribution in [2.24, 2.45) is 0 Å². The van der Waals surface area contributed by atoms with Gasteiger partial charge in [-0.2, -0.15) is 0 Å². The van der Waals surface area contributed by atoms with Gasteiger partial charge in [0.1, 0.15) is 11.9 Å². The van der Waals surface area contributed by atoms with Crippen LogP contribution < -0.4 is 10.5 Å². The molecular weight excluding hydrogens is 425 g/mol. The largest absolute Gasteiger partial charge is 0.486 e. The maximum atomic E-state index is 13.5. The lowest BCUT2D eigenvalue weighted by Crippen LogP contribution is -2.21. The minimum atomic E-state index is -2.61. The molecule has 3 rings (SSSR count). The molecule has 29 heavy (non-hydrogen) atoms. The average molecular weight is 452 g/mol. The highest BCUT2D eigenvalue weighted by molar-refractivity contribution is 7.99. The fourth-order valence-electron chi connectivity index (χ4n) is 2.95. The van der Waals surface area contributed by atoms with Crippen molar-refractivity contribution >= 4 is 55.1 Å². The minimum absolute atomic E-state index is 0.219. The van der Waals surface area contributed by atoms with E-state index in [2.05, 4.69) is 5.87 Å². The van der Waals surface area contributed by atoms with Crippen LogP contribution in [0, 0.1) is 0 Å². The Kier molecular flexibility index (Phi) is 8.69. The molecule has 0 radical (unpaired) electrons. The third-order valence-corrected chi connectivity index (χ3v) is 6.96. The summed E-state index contributed by atoms with van der Waals surface area (Å²) in [7, 11) is -2.61. The van der Waals surface area contributed by atoms with Crippen LogP contribution in [-0.2, 0) is 15.3 Å². The third-order valence-electron chi connectivity index (χ3n) is 4.33. The van der Waals surface area contributed by atoms with Gasteiger partial charge in [-0.1, -0.05) is 62.4 Å². The fraction of sp³-hybridized carbons (Fsp3) is 0.261. The molecule has 0 spiro atoms. The summed E-state index contributed by atoms with van der Waals surface area (Å²) in [5.41, 5.74) is 7.44. The number of benzene rings is 3. The number of nitrogens with two attached hydrogens (primary N) is 1. The van der Waals surface area contributed by atoms with E-state index in [0.717, 1.165) is 21.2 Å². The van der Waals surface area contributed by atoms with Crippen LogP contribution in [0.15, 0.2) is 65.6 Å². The fourth-order valence-corrected chi connectivity index (χ4v) is 5.23. The summed E-state index contributed by atoms with van der Waals surface area (Å²) in [5.74, 6) is 5.27. The van der Waals surface area contributed by atoms with E-state index in [1.807, 2.05) is 68.4 Å². The van der Waals surface area contributed by atoms with Gasteiger partial charge < -0.3 is 10.5 Å². The highest BCUT2D eigenvalue weighted by atomic mass is 35.5. The van der Waals surface area contributed by atoms with Crippen molar-refractivity contribution in [1.82, 2.24) is 0 Å². The molecular formula is C23H27Cl2NO2S. The highest BCUT2D eigenvalue weighted by Crippen LogP contribution is 2.31. The van der Waals surface area contributed by atoms with Crippen LogP contribution in [0.3, 0.4) is 0 Å². The van der Waals surface area contributed by atoms with Crippen molar-refractivity contribution in [2.75, 3.05) is 17.5 Å². The molecule has 0 fully saturated rings. The zero-order valence-corrected chi connectivity index (χ0v) is 19.1. The first-order valence-corrected chi connectivity index (χ1v) is 12.4. The maximum absolute atomic E-state index is 13.5. The van der Waals surface area contributed by atoms with Crippen LogP contribution in [0.25, 0.3) is 10.8 Å². The van der Waals surface area contributed by atoms with E-state index in [1.165, 1.54) is 0 Å². The first kappa shape index (κ1) is 23.4. The molecule has 0 amide bonds. The summed E-state index contributed by atoms with van der Waals surface area (Å²) in [4.78, 5) is 0.728. The summed E-state index contributed by atoms with van der Waals surface area (Å²) in [6.45, 7) is 4.00. The molecule has 6 heteroatoms. The first-order valence-electron chi connectivity index (χ1n) is 9.45. The van der Waals surface area contributed by atoms with E-state index >= 15 is 0 Å². The molecule has 0 saturated heterocycles. The number of fused-ring (bicyclic) bond motifs is 1. The molecule has 3 nitrogen and oxygen atoms in total. The standard InChI is InChI=1S/C21H21Cl2NO2S.C2H6/c1-27(25,20-11-5-7-15-6-2-3-9-18(15)20)14-16-8-4-10-19(21(16)24)26-17(12-22)13-23;1-2/h2-11,17H,1,12-14,24H2;1-2H3. The number of halogens is 2. The second-order valence-electron chi connectivity index (χ2n) is 6.31. The number of ether oxygens (including phenoxy) is 1. The Bertz CT molecular complexity index is 1040. The smallest absolute Gasteiger partial charge is 0.143 e. The molecule has 1 atom stereocenters. The Morgan fingerprint density at radius 3 is 2.31 bits per heavy atom. The van der Waals surface area contributed by atoms with Crippen LogP contribution in [0.2, 0.25) is 0 Å². The SMILES string of the molecule is C=S(=O)(Cc1cccc(OC(CCl)CCl)c1N)c1cccc2ccccc12.CC. The zero-order chi connectivity index (χ0) is 21.4. The van der Waals surface area contributed by atoms with E-state index in [-0.39, 0.29) is 23.6 Å². The second-order valence-corrected chi connectivity index (χ2v) is 9.28. The lowest BCUT2D eigenvalue weighted by Gasteiger charge is -2.18. The van der Waals surface area contributed by atoms with Gasteiger partial charge in [-0.3, -0.25) is 4.21 Å². The van der Waals surface area contributed by atoms with E-state index in [9.17, 15) is 4.21 Å². The lowest BCUT2D eigenvalue weighted by atomic mass is 10.1. The monoisotopic (exact) mass is 451 g/mol. The molecule has 3 aromatic rings. The van der Waals surface area contributed by atoms with E-state index < -0.39 is 9.52 Å². The number of alkyl halides is 2. The molecule has 2 N–H and O–H groups in total. The van der Waals surface area contributed by atoms with E-state index in [0.29, 0.717) is 11.4 Å². The van der Waals surface area contributed by atoms with Gasteiger partial charge in [-0.25, -0.2) is 0 Å². The maximum Gasteiger partial charge on any atom is 0.143 e. The number of rotatable bonds is 7. The van der Waals surface area contributed by atoms with Crippen molar-refractivity contribution < 1.29 is 8.95 Å². The summed E-state index contributed by atoms with van der Waals surface area (Å²) in [6, 6.07) is 19.0. The van der Waals surface area contributed by atoms with Crippen LogP contribution in [0.1, 0.15) is 19.4 Å². The van der Waals surface area contributed by atoms with Crippen LogP contribution in [0.4, 0.5) is 5.69 Å². The number of hydrogen-bond acceptors (Lipinski definition) is 3. The number of para-hydroxylation sites is 1. The normalized spacial score (nSPS) is 12.9. The number of hydrogen-bond donors (Lipinski definition) is 1. The molecule has 0 saturated carbocycles. The van der Waals surface area contributed by atoms with Crippen molar-refractivity contribution in [2.45, 2.75) is 30.6 Å². The Balaban J connectivity index is 0.00000145. The molecule has 0 heterocycles. The van der Waals surface area contributed by atoms with Gasteiger partial charge in [0.15, 0.2) is 0 Å². The number of nitrogen functional groups attached to an aromatic ring is 1. The molecule has 3 aromatic carbocycles. The molecule has 0 bridgehead atoms. The van der Waals surface area contributed by atoms with Gasteiger partial charge in [-0.05, 0) is 34.3 Å². The van der Waals surface area contributed by atoms with Crippen molar-refractivity contribution in [1.29, 1.82) is 0 Å². The summed E-state index contributed by atoms with van der Waals surface area (Å²) in [6.07, 6.45) is -0.340. The molecule has 0 aliphatic rings. The predicted octanol–water partition coefficient (Wildman–Crippen LogP) is 5.95. The molecule has 0 aromatic heterocycles. The van der Waals surface area contributed by atoms with Crippen molar-refractivity contribution in [3.8, 4) is 5.75 Å². The molecule has 0 aliphatic heterocycles. The van der Waals surface area contributed by atoms with Crippen LogP contribution >= 0.6 is 23.2 Å². The van der Waals surface area contributed by atoms with Crippen LogP contribution in [-0.4, -0.2) is 27.9 Å². The van der Waals surface area contributed by atoms with Gasteiger partial charge in [0.2, 0.25) is 0 Å². The van der Waals surface area contributed by atoms with Crippen LogP contribution in [0.5, 0.6) is 5.75 Å². The Morgan fingerprint density at radius 1 is 1.00 bits per heavy atom. The topological polar surface area (TPSA) is 52.3 Å². The second kappa shape index (κ2) is 10.8. The quantitative estimate of drug-likeness (QED) is 0.274.